The Bertz CT molecular complexity index is 233. The first-order chi connectivity index (χ1) is 5.72. The van der Waals surface area contributed by atoms with Gasteiger partial charge in [0.1, 0.15) is 0 Å². The lowest BCUT2D eigenvalue weighted by Crippen LogP contribution is -2.13. The van der Waals surface area contributed by atoms with E-state index in [1.807, 2.05) is 0 Å². The first-order valence-corrected chi connectivity index (χ1v) is 4.10. The lowest BCUT2D eigenvalue weighted by Gasteiger charge is -2.11. The summed E-state index contributed by atoms with van der Waals surface area (Å²) in [5, 5.41) is 3.19. The largest absolute Gasteiger partial charge is 0.381 e. The van der Waals surface area contributed by atoms with E-state index in [2.05, 4.69) is 24.1 Å². The van der Waals surface area contributed by atoms with E-state index in [-0.39, 0.29) is 0 Å². The third-order valence-electron chi connectivity index (χ3n) is 1.75. The fourth-order valence-corrected chi connectivity index (χ4v) is 0.848. The number of aromatic nitrogens is 1. The van der Waals surface area contributed by atoms with Crippen LogP contribution in [0.5, 0.6) is 0 Å². The molecule has 1 unspecified atom stereocenters. The average molecular weight is 168 g/mol. The molecule has 1 rings (SSSR count). The smallest absolute Gasteiger partial charge is 0.212 e. The minimum absolute atomic E-state index is 0.400. The molecule has 0 spiro atoms. The van der Waals surface area contributed by atoms with Crippen molar-refractivity contribution in [3.8, 4) is 0 Å². The van der Waals surface area contributed by atoms with Gasteiger partial charge in [-0.3, -0.25) is 0 Å². The van der Waals surface area contributed by atoms with Gasteiger partial charge in [0, 0.05) is 6.04 Å². The fourth-order valence-electron chi connectivity index (χ4n) is 0.848. The highest BCUT2D eigenvalue weighted by atomic mass is 19.1. The molecule has 0 saturated heterocycles. The van der Waals surface area contributed by atoms with Crippen LogP contribution in [-0.4, -0.2) is 11.0 Å². The third-order valence-corrected chi connectivity index (χ3v) is 1.75. The molecule has 0 aliphatic carbocycles. The molecule has 12 heavy (non-hydrogen) atoms. The van der Waals surface area contributed by atoms with Crippen molar-refractivity contribution in [1.29, 1.82) is 0 Å². The van der Waals surface area contributed by atoms with Gasteiger partial charge in [-0.15, -0.1) is 0 Å². The van der Waals surface area contributed by atoms with Gasteiger partial charge < -0.3 is 5.32 Å². The van der Waals surface area contributed by atoms with Gasteiger partial charge in [-0.05, 0) is 25.5 Å². The van der Waals surface area contributed by atoms with E-state index in [4.69, 9.17) is 0 Å². The van der Waals surface area contributed by atoms with E-state index in [1.54, 1.807) is 6.07 Å². The predicted molar refractivity (Wildman–Crippen MR) is 47.6 cm³/mol. The van der Waals surface area contributed by atoms with Crippen molar-refractivity contribution in [3.63, 3.8) is 0 Å². The van der Waals surface area contributed by atoms with Gasteiger partial charge >= 0.3 is 0 Å². The highest BCUT2D eigenvalue weighted by molar-refractivity contribution is 5.40. The van der Waals surface area contributed by atoms with Gasteiger partial charge in [0.05, 0.1) is 11.9 Å². The monoisotopic (exact) mass is 168 g/mol. The van der Waals surface area contributed by atoms with Gasteiger partial charge in [0.2, 0.25) is 5.95 Å². The van der Waals surface area contributed by atoms with Crippen LogP contribution in [0, 0.1) is 5.95 Å². The Hall–Kier alpha value is -1.12. The number of hydrogen-bond donors (Lipinski definition) is 1. The van der Waals surface area contributed by atoms with Gasteiger partial charge in [0.15, 0.2) is 0 Å². The molecular weight excluding hydrogens is 155 g/mol. The van der Waals surface area contributed by atoms with E-state index in [9.17, 15) is 4.39 Å². The Morgan fingerprint density at radius 1 is 1.58 bits per heavy atom. The molecular formula is C9H13FN2. The van der Waals surface area contributed by atoms with Crippen molar-refractivity contribution >= 4 is 5.69 Å². The van der Waals surface area contributed by atoms with Crippen LogP contribution in [0.2, 0.25) is 0 Å². The van der Waals surface area contributed by atoms with Gasteiger partial charge in [-0.2, -0.15) is 4.39 Å². The van der Waals surface area contributed by atoms with Crippen LogP contribution in [0.15, 0.2) is 18.3 Å². The molecule has 2 nitrogen and oxygen atoms in total. The number of nitrogens with zero attached hydrogens (tertiary/aromatic N) is 1. The summed E-state index contributed by atoms with van der Waals surface area (Å²) in [6.45, 7) is 4.16. The number of pyridine rings is 1. The minimum atomic E-state index is -0.440. The molecule has 1 N–H and O–H groups in total. The molecule has 1 aromatic heterocycles. The molecule has 0 fully saturated rings. The predicted octanol–water partition coefficient (Wildman–Crippen LogP) is 2.43. The first-order valence-electron chi connectivity index (χ1n) is 4.10. The summed E-state index contributed by atoms with van der Waals surface area (Å²) < 4.78 is 12.4. The van der Waals surface area contributed by atoms with Crippen LogP contribution in [0.1, 0.15) is 20.3 Å². The van der Waals surface area contributed by atoms with Crippen molar-refractivity contribution in [3.05, 3.63) is 24.3 Å². The number of nitrogens with one attached hydrogen (secondary N) is 1. The Morgan fingerprint density at radius 3 is 2.83 bits per heavy atom. The van der Waals surface area contributed by atoms with Gasteiger partial charge in [0.25, 0.3) is 0 Å². The summed E-state index contributed by atoms with van der Waals surface area (Å²) in [6.07, 6.45) is 2.54. The maximum atomic E-state index is 12.4. The lowest BCUT2D eigenvalue weighted by molar-refractivity contribution is 0.583. The van der Waals surface area contributed by atoms with Crippen molar-refractivity contribution in [2.75, 3.05) is 5.32 Å². The van der Waals surface area contributed by atoms with E-state index in [0.717, 1.165) is 12.1 Å². The zero-order valence-electron chi connectivity index (χ0n) is 7.34. The van der Waals surface area contributed by atoms with Crippen molar-refractivity contribution < 1.29 is 4.39 Å². The lowest BCUT2D eigenvalue weighted by atomic mass is 10.2. The molecule has 0 radical (unpaired) electrons. The van der Waals surface area contributed by atoms with Crippen LogP contribution in [0.4, 0.5) is 10.1 Å². The third kappa shape index (κ3) is 2.49. The van der Waals surface area contributed by atoms with E-state index in [0.29, 0.717) is 6.04 Å². The summed E-state index contributed by atoms with van der Waals surface area (Å²) in [7, 11) is 0. The van der Waals surface area contributed by atoms with Gasteiger partial charge in [-0.1, -0.05) is 6.92 Å². The van der Waals surface area contributed by atoms with Crippen LogP contribution >= 0.6 is 0 Å². The van der Waals surface area contributed by atoms with Gasteiger partial charge in [-0.25, -0.2) is 4.98 Å². The summed E-state index contributed by atoms with van der Waals surface area (Å²) >= 11 is 0. The Kier molecular flexibility index (Phi) is 3.02. The molecule has 0 amide bonds. The van der Waals surface area contributed by atoms with E-state index < -0.39 is 5.95 Å². The molecule has 1 atom stereocenters. The number of anilines is 1. The highest BCUT2D eigenvalue weighted by Crippen LogP contribution is 2.07. The maximum Gasteiger partial charge on any atom is 0.212 e. The Morgan fingerprint density at radius 2 is 2.33 bits per heavy atom. The Balaban J connectivity index is 2.58. The summed E-state index contributed by atoms with van der Waals surface area (Å²) in [5.41, 5.74) is 0.866. The summed E-state index contributed by atoms with van der Waals surface area (Å²) in [5.74, 6) is -0.440. The fraction of sp³-hybridized carbons (Fsp3) is 0.444. The molecule has 66 valence electrons. The summed E-state index contributed by atoms with van der Waals surface area (Å²) in [4.78, 5) is 3.54. The Labute approximate surface area is 71.8 Å². The van der Waals surface area contributed by atoms with E-state index >= 15 is 0 Å². The van der Waals surface area contributed by atoms with Crippen LogP contribution in [-0.2, 0) is 0 Å². The molecule has 0 aliphatic rings. The second-order valence-corrected chi connectivity index (χ2v) is 2.82. The van der Waals surface area contributed by atoms with Crippen molar-refractivity contribution in [2.45, 2.75) is 26.3 Å². The normalized spacial score (nSPS) is 12.6. The molecule has 3 heteroatoms. The second-order valence-electron chi connectivity index (χ2n) is 2.82. The van der Waals surface area contributed by atoms with E-state index in [1.165, 1.54) is 12.3 Å². The quantitative estimate of drug-likeness (QED) is 0.701. The van der Waals surface area contributed by atoms with Crippen molar-refractivity contribution in [2.24, 2.45) is 0 Å². The molecule has 0 saturated carbocycles. The number of halogens is 1. The zero-order valence-corrected chi connectivity index (χ0v) is 7.34. The molecule has 1 aromatic rings. The van der Waals surface area contributed by atoms with Crippen LogP contribution in [0.3, 0.4) is 0 Å². The zero-order chi connectivity index (χ0) is 8.97. The highest BCUT2D eigenvalue weighted by Gasteiger charge is 1.98. The average Bonchev–Trinajstić information content (AvgIpc) is 2.09. The number of hydrogen-bond acceptors (Lipinski definition) is 2. The molecule has 0 aliphatic heterocycles. The van der Waals surface area contributed by atoms with Crippen molar-refractivity contribution in [1.82, 2.24) is 4.98 Å². The first kappa shape index (κ1) is 8.97. The van der Waals surface area contributed by atoms with Crippen LogP contribution < -0.4 is 5.32 Å². The summed E-state index contributed by atoms with van der Waals surface area (Å²) in [6, 6.07) is 3.44. The van der Waals surface area contributed by atoms with Crippen LogP contribution in [0.25, 0.3) is 0 Å². The standard InChI is InChI=1S/C9H13FN2/c1-3-7(2)12-8-4-5-9(10)11-6-8/h4-7,12H,3H2,1-2H3. The SMILES string of the molecule is CCC(C)Nc1ccc(F)nc1. The maximum absolute atomic E-state index is 12.4. The minimum Gasteiger partial charge on any atom is -0.381 e. The molecule has 0 bridgehead atoms. The molecule has 0 aromatic carbocycles. The topological polar surface area (TPSA) is 24.9 Å². The second kappa shape index (κ2) is 4.04. The molecule has 1 heterocycles. The number of rotatable bonds is 3.